The second-order valence-corrected chi connectivity index (χ2v) is 8.57. The molecule has 1 amide bonds. The maximum absolute atomic E-state index is 12.2. The first-order chi connectivity index (χ1) is 14.7. The van der Waals surface area contributed by atoms with Gasteiger partial charge in [0.1, 0.15) is 5.75 Å². The highest BCUT2D eigenvalue weighted by atomic mass is 32.2. The number of rotatable bonds is 11. The molecular formula is C22H28N2O6S. The lowest BCUT2D eigenvalue weighted by Gasteiger charge is -2.14. The minimum Gasteiger partial charge on any atom is -0.494 e. The van der Waals surface area contributed by atoms with Gasteiger partial charge >= 0.3 is 5.97 Å². The first-order valence-corrected chi connectivity index (χ1v) is 11.6. The van der Waals surface area contributed by atoms with Crippen molar-refractivity contribution in [2.75, 3.05) is 13.2 Å². The Kier molecular flexibility index (Phi) is 9.02. The second kappa shape index (κ2) is 11.5. The number of unbranched alkanes of at least 4 members (excludes halogenated alkanes) is 1. The quantitative estimate of drug-likeness (QED) is 0.402. The number of primary sulfonamides is 1. The molecule has 0 aliphatic carbocycles. The molecule has 3 N–H and O–H groups in total. The van der Waals surface area contributed by atoms with Gasteiger partial charge in [0.2, 0.25) is 10.0 Å². The molecule has 0 saturated carbocycles. The molecule has 0 fully saturated rings. The lowest BCUT2D eigenvalue weighted by Crippen LogP contribution is -2.36. The number of hydrogen-bond acceptors (Lipinski definition) is 6. The van der Waals surface area contributed by atoms with Crippen molar-refractivity contribution in [2.24, 2.45) is 5.14 Å². The highest BCUT2D eigenvalue weighted by molar-refractivity contribution is 7.89. The zero-order valence-corrected chi connectivity index (χ0v) is 18.5. The topological polar surface area (TPSA) is 125 Å². The van der Waals surface area contributed by atoms with Crippen molar-refractivity contribution in [1.29, 1.82) is 0 Å². The molecule has 0 aromatic heterocycles. The van der Waals surface area contributed by atoms with E-state index in [-0.39, 0.29) is 4.90 Å². The summed E-state index contributed by atoms with van der Waals surface area (Å²) in [6.45, 7) is 4.50. The molecule has 1 atom stereocenters. The lowest BCUT2D eigenvalue weighted by molar-refractivity contribution is -0.129. The van der Waals surface area contributed by atoms with Crippen LogP contribution in [0.5, 0.6) is 5.75 Å². The van der Waals surface area contributed by atoms with E-state index in [2.05, 4.69) is 12.2 Å². The molecule has 0 aliphatic rings. The zero-order valence-electron chi connectivity index (χ0n) is 17.7. The molecule has 0 bridgehead atoms. The van der Waals surface area contributed by atoms with Gasteiger partial charge in [0.15, 0.2) is 6.10 Å². The van der Waals surface area contributed by atoms with Crippen LogP contribution in [0.1, 0.15) is 42.6 Å². The van der Waals surface area contributed by atoms with E-state index in [0.29, 0.717) is 30.9 Å². The van der Waals surface area contributed by atoms with Gasteiger partial charge < -0.3 is 14.8 Å². The van der Waals surface area contributed by atoms with Crippen LogP contribution in [0.3, 0.4) is 0 Å². The molecule has 0 radical (unpaired) electrons. The van der Waals surface area contributed by atoms with Gasteiger partial charge in [0, 0.05) is 6.54 Å². The van der Waals surface area contributed by atoms with E-state index in [4.69, 9.17) is 14.6 Å². The molecule has 2 aromatic rings. The van der Waals surface area contributed by atoms with Crippen molar-refractivity contribution >= 4 is 21.9 Å². The molecule has 0 aliphatic heterocycles. The van der Waals surface area contributed by atoms with E-state index in [1.165, 1.54) is 19.1 Å². The SMILES string of the molecule is CCCCOc1ccc(C(=O)OC(C)C(=O)NCCc2ccc(S(N)(=O)=O)cc2)cc1. The summed E-state index contributed by atoms with van der Waals surface area (Å²) in [5.41, 5.74) is 1.16. The highest BCUT2D eigenvalue weighted by Crippen LogP contribution is 2.14. The molecule has 0 heterocycles. The van der Waals surface area contributed by atoms with Crippen LogP contribution in [-0.4, -0.2) is 39.5 Å². The molecule has 8 nitrogen and oxygen atoms in total. The van der Waals surface area contributed by atoms with Gasteiger partial charge in [-0.2, -0.15) is 0 Å². The monoisotopic (exact) mass is 448 g/mol. The predicted molar refractivity (Wildman–Crippen MR) is 116 cm³/mol. The number of sulfonamides is 1. The van der Waals surface area contributed by atoms with E-state index < -0.39 is 28.0 Å². The molecular weight excluding hydrogens is 420 g/mol. The third kappa shape index (κ3) is 8.03. The first-order valence-electron chi connectivity index (χ1n) is 10.0. The Hall–Kier alpha value is -2.91. The Morgan fingerprint density at radius 3 is 2.29 bits per heavy atom. The summed E-state index contributed by atoms with van der Waals surface area (Å²) in [5, 5.41) is 7.75. The van der Waals surface area contributed by atoms with Gasteiger partial charge in [-0.25, -0.2) is 18.4 Å². The average Bonchev–Trinajstić information content (AvgIpc) is 2.74. The maximum Gasteiger partial charge on any atom is 0.338 e. The summed E-state index contributed by atoms with van der Waals surface area (Å²) >= 11 is 0. The van der Waals surface area contributed by atoms with Crippen LogP contribution in [0, 0.1) is 0 Å². The van der Waals surface area contributed by atoms with Crippen LogP contribution in [0.2, 0.25) is 0 Å². The van der Waals surface area contributed by atoms with Gasteiger partial charge in [0.05, 0.1) is 17.1 Å². The van der Waals surface area contributed by atoms with Crippen LogP contribution in [0.4, 0.5) is 0 Å². The summed E-state index contributed by atoms with van der Waals surface area (Å²) in [6.07, 6.45) is 1.52. The number of carbonyl (C=O) groups excluding carboxylic acids is 2. The van der Waals surface area contributed by atoms with Crippen LogP contribution < -0.4 is 15.2 Å². The van der Waals surface area contributed by atoms with Crippen molar-refractivity contribution in [2.45, 2.75) is 44.1 Å². The largest absolute Gasteiger partial charge is 0.494 e. The van der Waals surface area contributed by atoms with Gasteiger partial charge in [-0.3, -0.25) is 4.79 Å². The molecule has 168 valence electrons. The molecule has 31 heavy (non-hydrogen) atoms. The average molecular weight is 449 g/mol. The fraction of sp³-hybridized carbons (Fsp3) is 0.364. The molecule has 9 heteroatoms. The van der Waals surface area contributed by atoms with Crippen molar-refractivity contribution in [3.05, 3.63) is 59.7 Å². The van der Waals surface area contributed by atoms with Crippen molar-refractivity contribution in [3.8, 4) is 5.75 Å². The molecule has 0 spiro atoms. The fourth-order valence-corrected chi connectivity index (χ4v) is 3.14. The Labute approximate surface area is 182 Å². The van der Waals surface area contributed by atoms with E-state index in [1.807, 2.05) is 0 Å². The first kappa shape index (κ1) is 24.4. The molecule has 1 unspecified atom stereocenters. The Morgan fingerprint density at radius 1 is 1.06 bits per heavy atom. The fourth-order valence-electron chi connectivity index (χ4n) is 2.62. The van der Waals surface area contributed by atoms with Crippen LogP contribution in [-0.2, 0) is 26.0 Å². The Bertz CT molecular complexity index is 972. The highest BCUT2D eigenvalue weighted by Gasteiger charge is 2.18. The third-order valence-corrected chi connectivity index (χ3v) is 5.40. The Balaban J connectivity index is 1.78. The summed E-state index contributed by atoms with van der Waals surface area (Å²) in [6, 6.07) is 12.7. The minimum atomic E-state index is -3.73. The molecule has 2 rings (SSSR count). The smallest absolute Gasteiger partial charge is 0.338 e. The van der Waals surface area contributed by atoms with Gasteiger partial charge in [-0.1, -0.05) is 25.5 Å². The van der Waals surface area contributed by atoms with Crippen molar-refractivity contribution in [3.63, 3.8) is 0 Å². The number of esters is 1. The van der Waals surface area contributed by atoms with Gasteiger partial charge in [0.25, 0.3) is 5.91 Å². The number of nitrogens with one attached hydrogen (secondary N) is 1. The number of ether oxygens (including phenoxy) is 2. The summed E-state index contributed by atoms with van der Waals surface area (Å²) in [5.74, 6) is -0.344. The van der Waals surface area contributed by atoms with Crippen molar-refractivity contribution < 1.29 is 27.5 Å². The van der Waals surface area contributed by atoms with Gasteiger partial charge in [-0.15, -0.1) is 0 Å². The minimum absolute atomic E-state index is 0.0291. The van der Waals surface area contributed by atoms with Gasteiger partial charge in [-0.05, 0) is 61.7 Å². The zero-order chi connectivity index (χ0) is 22.9. The summed E-state index contributed by atoms with van der Waals surface area (Å²) in [4.78, 5) is 24.4. The van der Waals surface area contributed by atoms with Crippen LogP contribution >= 0.6 is 0 Å². The van der Waals surface area contributed by atoms with Crippen LogP contribution in [0.25, 0.3) is 0 Å². The number of benzene rings is 2. The van der Waals surface area contributed by atoms with Crippen LogP contribution in [0.15, 0.2) is 53.4 Å². The standard InChI is InChI=1S/C22H28N2O6S/c1-3-4-15-29-19-9-7-18(8-10-19)22(26)30-16(2)21(25)24-14-13-17-5-11-20(12-6-17)31(23,27)28/h5-12,16H,3-4,13-15H2,1-2H3,(H,24,25)(H2,23,27,28). The van der Waals surface area contributed by atoms with Crippen molar-refractivity contribution in [1.82, 2.24) is 5.32 Å². The summed E-state index contributed by atoms with van der Waals surface area (Å²) in [7, 11) is -3.73. The van der Waals surface area contributed by atoms with E-state index >= 15 is 0 Å². The third-order valence-electron chi connectivity index (χ3n) is 4.47. The second-order valence-electron chi connectivity index (χ2n) is 7.00. The lowest BCUT2D eigenvalue weighted by atomic mass is 10.1. The number of hydrogen-bond donors (Lipinski definition) is 2. The molecule has 2 aromatic carbocycles. The summed E-state index contributed by atoms with van der Waals surface area (Å²) < 4.78 is 33.3. The Morgan fingerprint density at radius 2 is 1.71 bits per heavy atom. The molecule has 0 saturated heterocycles. The number of amides is 1. The van der Waals surface area contributed by atoms with E-state index in [9.17, 15) is 18.0 Å². The number of nitrogens with two attached hydrogens (primary N) is 1. The van der Waals surface area contributed by atoms with E-state index in [0.717, 1.165) is 18.4 Å². The predicted octanol–water partition coefficient (Wildman–Crippen LogP) is 2.42. The normalized spacial score (nSPS) is 12.1. The van der Waals surface area contributed by atoms with E-state index in [1.54, 1.807) is 36.4 Å². The number of carbonyl (C=O) groups is 2. The maximum atomic E-state index is 12.2.